The van der Waals surface area contributed by atoms with Gasteiger partial charge in [-0.2, -0.15) is 0 Å². The lowest BCUT2D eigenvalue weighted by Crippen LogP contribution is -2.14. The molecule has 1 N–H and O–H groups in total. The maximum absolute atomic E-state index is 12.4. The Balaban J connectivity index is 1.58. The lowest BCUT2D eigenvalue weighted by Gasteiger charge is -2.04. The van der Waals surface area contributed by atoms with Crippen molar-refractivity contribution in [2.24, 2.45) is 7.05 Å². The molecule has 0 atom stereocenters. The fourth-order valence-electron chi connectivity index (χ4n) is 2.66. The normalized spacial score (nSPS) is 12.2. The predicted molar refractivity (Wildman–Crippen MR) is 93.9 cm³/mol. The predicted octanol–water partition coefficient (Wildman–Crippen LogP) is 3.38. The fourth-order valence-corrected chi connectivity index (χ4v) is 2.66. The number of imidazole rings is 1. The lowest BCUT2D eigenvalue weighted by atomic mass is 10.1. The van der Waals surface area contributed by atoms with Crippen LogP contribution >= 0.6 is 0 Å². The second-order valence-electron chi connectivity index (χ2n) is 5.95. The summed E-state index contributed by atoms with van der Waals surface area (Å²) in [5.41, 5.74) is 3.35. The molecule has 0 unspecified atom stereocenters. The first-order valence-electron chi connectivity index (χ1n) is 7.91. The Morgan fingerprint density at radius 3 is 2.68 bits per heavy atom. The van der Waals surface area contributed by atoms with Crippen molar-refractivity contribution in [1.29, 1.82) is 0 Å². The van der Waals surface area contributed by atoms with Gasteiger partial charge in [0.1, 0.15) is 0 Å². The van der Waals surface area contributed by atoms with Gasteiger partial charge in [-0.25, -0.2) is 4.98 Å². The molecule has 1 amide bonds. The standard InChI is InChI=1S/C19H17N3O3/c1-12-3-5-13(6-4-12)18(23)21-19-20-15(10-22(19)2)14-7-8-16-17(9-14)25-11-24-16/h3-10H,11H2,1-2H3,(H,20,21,23). The third-order valence-electron chi connectivity index (χ3n) is 4.08. The summed E-state index contributed by atoms with van der Waals surface area (Å²) >= 11 is 0. The highest BCUT2D eigenvalue weighted by molar-refractivity contribution is 6.03. The fraction of sp³-hybridized carbons (Fsp3) is 0.158. The van der Waals surface area contributed by atoms with E-state index < -0.39 is 0 Å². The van der Waals surface area contributed by atoms with Gasteiger partial charge in [0.25, 0.3) is 5.91 Å². The van der Waals surface area contributed by atoms with E-state index in [0.717, 1.165) is 22.6 Å². The van der Waals surface area contributed by atoms with E-state index in [2.05, 4.69) is 10.3 Å². The molecule has 0 fully saturated rings. The molecule has 0 bridgehead atoms. The van der Waals surface area contributed by atoms with Crippen molar-refractivity contribution >= 4 is 11.9 Å². The largest absolute Gasteiger partial charge is 0.454 e. The Labute approximate surface area is 145 Å². The number of fused-ring (bicyclic) bond motifs is 1. The zero-order valence-electron chi connectivity index (χ0n) is 13.9. The highest BCUT2D eigenvalue weighted by atomic mass is 16.7. The second-order valence-corrected chi connectivity index (χ2v) is 5.95. The van der Waals surface area contributed by atoms with Gasteiger partial charge in [-0.3, -0.25) is 10.1 Å². The van der Waals surface area contributed by atoms with Crippen molar-refractivity contribution < 1.29 is 14.3 Å². The molecule has 6 heteroatoms. The molecule has 1 aromatic heterocycles. The number of nitrogens with one attached hydrogen (secondary N) is 1. The van der Waals surface area contributed by atoms with Gasteiger partial charge in [-0.15, -0.1) is 0 Å². The number of benzene rings is 2. The quantitative estimate of drug-likeness (QED) is 0.797. The van der Waals surface area contributed by atoms with E-state index in [0.29, 0.717) is 17.3 Å². The monoisotopic (exact) mass is 335 g/mol. The third-order valence-corrected chi connectivity index (χ3v) is 4.08. The first-order valence-corrected chi connectivity index (χ1v) is 7.91. The van der Waals surface area contributed by atoms with E-state index >= 15 is 0 Å². The van der Waals surface area contributed by atoms with Crippen LogP contribution in [-0.4, -0.2) is 22.3 Å². The minimum Gasteiger partial charge on any atom is -0.454 e. The molecule has 126 valence electrons. The molecular weight excluding hydrogens is 318 g/mol. The van der Waals surface area contributed by atoms with Crippen molar-refractivity contribution in [2.45, 2.75) is 6.92 Å². The van der Waals surface area contributed by atoms with Crippen molar-refractivity contribution in [3.05, 3.63) is 59.8 Å². The van der Waals surface area contributed by atoms with Crippen LogP contribution in [0.1, 0.15) is 15.9 Å². The van der Waals surface area contributed by atoms with Crippen molar-refractivity contribution in [2.75, 3.05) is 12.1 Å². The second kappa shape index (κ2) is 5.98. The van der Waals surface area contributed by atoms with Crippen LogP contribution in [0.25, 0.3) is 11.3 Å². The van der Waals surface area contributed by atoms with Crippen LogP contribution in [-0.2, 0) is 7.05 Å². The minimum atomic E-state index is -0.189. The number of aromatic nitrogens is 2. The molecule has 3 aromatic rings. The van der Waals surface area contributed by atoms with Gasteiger partial charge in [0, 0.05) is 24.4 Å². The van der Waals surface area contributed by atoms with Crippen LogP contribution in [0.4, 0.5) is 5.95 Å². The SMILES string of the molecule is Cc1ccc(C(=O)Nc2nc(-c3ccc4c(c3)OCO4)cn2C)cc1. The van der Waals surface area contributed by atoms with E-state index in [-0.39, 0.29) is 12.7 Å². The van der Waals surface area contributed by atoms with E-state index in [4.69, 9.17) is 9.47 Å². The third kappa shape index (κ3) is 2.94. The summed E-state index contributed by atoms with van der Waals surface area (Å²) in [5, 5.41) is 2.85. The smallest absolute Gasteiger partial charge is 0.257 e. The van der Waals surface area contributed by atoms with Crippen LogP contribution in [0.15, 0.2) is 48.7 Å². The average Bonchev–Trinajstić information content (AvgIpc) is 3.21. The van der Waals surface area contributed by atoms with Gasteiger partial charge in [0.15, 0.2) is 11.5 Å². The van der Waals surface area contributed by atoms with Gasteiger partial charge in [0.2, 0.25) is 12.7 Å². The van der Waals surface area contributed by atoms with Crippen LogP contribution < -0.4 is 14.8 Å². The number of aryl methyl sites for hydroxylation is 2. The minimum absolute atomic E-state index is 0.189. The molecule has 1 aliphatic rings. The van der Waals surface area contributed by atoms with E-state index in [9.17, 15) is 4.79 Å². The number of carbonyl (C=O) groups excluding carboxylic acids is 1. The first kappa shape index (κ1) is 15.3. The molecule has 25 heavy (non-hydrogen) atoms. The van der Waals surface area contributed by atoms with Crippen molar-refractivity contribution in [1.82, 2.24) is 9.55 Å². The van der Waals surface area contributed by atoms with Crippen LogP contribution in [0, 0.1) is 6.92 Å². The Morgan fingerprint density at radius 2 is 1.88 bits per heavy atom. The highest BCUT2D eigenvalue weighted by Crippen LogP contribution is 2.35. The van der Waals surface area contributed by atoms with Gasteiger partial charge in [-0.1, -0.05) is 17.7 Å². The van der Waals surface area contributed by atoms with Crippen LogP contribution in [0.5, 0.6) is 11.5 Å². The number of carbonyl (C=O) groups is 1. The van der Waals surface area contributed by atoms with Crippen molar-refractivity contribution in [3.8, 4) is 22.8 Å². The van der Waals surface area contributed by atoms with Gasteiger partial charge in [-0.05, 0) is 37.3 Å². The summed E-state index contributed by atoms with van der Waals surface area (Å²) in [7, 11) is 1.84. The first-order chi connectivity index (χ1) is 12.1. The number of anilines is 1. The summed E-state index contributed by atoms with van der Waals surface area (Å²) in [6, 6.07) is 13.1. The number of hydrogen-bond donors (Lipinski definition) is 1. The lowest BCUT2D eigenvalue weighted by molar-refractivity contribution is 0.102. The Kier molecular flexibility index (Phi) is 3.65. The number of ether oxygens (including phenoxy) is 2. The van der Waals surface area contributed by atoms with Crippen LogP contribution in [0.3, 0.4) is 0 Å². The Hall–Kier alpha value is -3.28. The zero-order valence-corrected chi connectivity index (χ0v) is 13.9. The van der Waals surface area contributed by atoms with Crippen molar-refractivity contribution in [3.63, 3.8) is 0 Å². The Morgan fingerprint density at radius 1 is 1.12 bits per heavy atom. The number of nitrogens with zero attached hydrogens (tertiary/aromatic N) is 2. The highest BCUT2D eigenvalue weighted by Gasteiger charge is 2.16. The summed E-state index contributed by atoms with van der Waals surface area (Å²) in [5.74, 6) is 1.73. The maximum atomic E-state index is 12.4. The molecule has 0 spiro atoms. The zero-order chi connectivity index (χ0) is 17.4. The van der Waals surface area contributed by atoms with E-state index in [1.54, 1.807) is 16.7 Å². The molecule has 0 saturated heterocycles. The van der Waals surface area contributed by atoms with Gasteiger partial charge >= 0.3 is 0 Å². The van der Waals surface area contributed by atoms with Crippen LogP contribution in [0.2, 0.25) is 0 Å². The maximum Gasteiger partial charge on any atom is 0.257 e. The van der Waals surface area contributed by atoms with E-state index in [1.165, 1.54) is 0 Å². The number of amides is 1. The van der Waals surface area contributed by atoms with Gasteiger partial charge in [0.05, 0.1) is 5.69 Å². The summed E-state index contributed by atoms with van der Waals surface area (Å²) in [6.45, 7) is 2.22. The molecule has 0 saturated carbocycles. The molecule has 0 radical (unpaired) electrons. The van der Waals surface area contributed by atoms with Gasteiger partial charge < -0.3 is 14.0 Å². The molecule has 6 nitrogen and oxygen atoms in total. The Bertz CT molecular complexity index is 945. The molecule has 1 aliphatic heterocycles. The number of hydrogen-bond acceptors (Lipinski definition) is 4. The molecule has 4 rings (SSSR count). The molecule has 2 heterocycles. The molecule has 2 aromatic carbocycles. The van der Waals surface area contributed by atoms with E-state index in [1.807, 2.05) is 50.5 Å². The summed E-state index contributed by atoms with van der Waals surface area (Å²) in [6.07, 6.45) is 1.86. The number of rotatable bonds is 3. The average molecular weight is 335 g/mol. The molecule has 0 aliphatic carbocycles. The summed E-state index contributed by atoms with van der Waals surface area (Å²) in [4.78, 5) is 16.9. The summed E-state index contributed by atoms with van der Waals surface area (Å²) < 4.78 is 12.5. The topological polar surface area (TPSA) is 65.4 Å². The molecular formula is C19H17N3O3.